The van der Waals surface area contributed by atoms with Crippen LogP contribution in [0.3, 0.4) is 0 Å². The predicted molar refractivity (Wildman–Crippen MR) is 84.2 cm³/mol. The lowest BCUT2D eigenvalue weighted by Gasteiger charge is -2.09. The van der Waals surface area contributed by atoms with Crippen molar-refractivity contribution in [2.45, 2.75) is 13.0 Å². The van der Waals surface area contributed by atoms with Crippen molar-refractivity contribution in [2.75, 3.05) is 0 Å². The van der Waals surface area contributed by atoms with Gasteiger partial charge in [-0.1, -0.05) is 41.9 Å². The Morgan fingerprint density at radius 1 is 1.23 bits per heavy atom. The average molecular weight is 317 g/mol. The number of aliphatic hydroxyl groups is 1. The van der Waals surface area contributed by atoms with Crippen LogP contribution in [0.4, 0.5) is 4.39 Å². The highest BCUT2D eigenvalue weighted by Crippen LogP contribution is 2.28. The molecule has 2 N–H and O–H groups in total. The summed E-state index contributed by atoms with van der Waals surface area (Å²) in [5.41, 5.74) is 2.59. The predicted octanol–water partition coefficient (Wildman–Crippen LogP) is 4.26. The monoisotopic (exact) mass is 316 g/mol. The van der Waals surface area contributed by atoms with Gasteiger partial charge in [-0.3, -0.25) is 0 Å². The summed E-state index contributed by atoms with van der Waals surface area (Å²) in [6.07, 6.45) is 0.673. The first-order valence-corrected chi connectivity index (χ1v) is 7.18. The fourth-order valence-corrected chi connectivity index (χ4v) is 2.53. The number of halogens is 2. The number of nitrogens with one attached hydrogen (secondary N) is 1. The third kappa shape index (κ3) is 2.75. The molecule has 0 aliphatic heterocycles. The van der Waals surface area contributed by atoms with Gasteiger partial charge in [0.1, 0.15) is 17.7 Å². The minimum absolute atomic E-state index is 0.299. The first-order chi connectivity index (χ1) is 10.6. The lowest BCUT2D eigenvalue weighted by molar-refractivity contribution is 0.211. The van der Waals surface area contributed by atoms with E-state index in [0.29, 0.717) is 22.0 Å². The Bertz CT molecular complexity index is 816. The van der Waals surface area contributed by atoms with E-state index in [1.54, 1.807) is 31.3 Å². The van der Waals surface area contributed by atoms with Gasteiger partial charge >= 0.3 is 0 Å². The summed E-state index contributed by atoms with van der Waals surface area (Å²) in [6.45, 7) is 1.66. The minimum atomic E-state index is -0.949. The summed E-state index contributed by atoms with van der Waals surface area (Å²) in [5.74, 6) is 0.0908. The van der Waals surface area contributed by atoms with Gasteiger partial charge in [-0.25, -0.2) is 9.37 Å². The smallest absolute Gasteiger partial charge is 0.140 e. The number of imidazole rings is 1. The van der Waals surface area contributed by atoms with Crippen LogP contribution >= 0.6 is 11.6 Å². The molecule has 3 nitrogen and oxygen atoms in total. The van der Waals surface area contributed by atoms with Crippen molar-refractivity contribution in [3.05, 3.63) is 76.5 Å². The molecule has 1 atom stereocenters. The number of benzene rings is 2. The van der Waals surface area contributed by atoms with Crippen LogP contribution in [0.25, 0.3) is 11.3 Å². The number of nitrogens with zero attached hydrogens (tertiary/aromatic N) is 1. The van der Waals surface area contributed by atoms with Gasteiger partial charge in [0.25, 0.3) is 0 Å². The maximum absolute atomic E-state index is 13.3. The molecule has 1 unspecified atom stereocenters. The topological polar surface area (TPSA) is 48.9 Å². The molecule has 0 saturated carbocycles. The number of rotatable bonds is 3. The Morgan fingerprint density at radius 3 is 2.73 bits per heavy atom. The van der Waals surface area contributed by atoms with Crippen molar-refractivity contribution in [3.63, 3.8) is 0 Å². The van der Waals surface area contributed by atoms with E-state index in [4.69, 9.17) is 11.6 Å². The molecule has 0 aliphatic carbocycles. The van der Waals surface area contributed by atoms with Crippen LogP contribution in [0.1, 0.15) is 23.1 Å². The van der Waals surface area contributed by atoms with Crippen molar-refractivity contribution >= 4 is 11.6 Å². The molecule has 0 aliphatic rings. The second-order valence-corrected chi connectivity index (χ2v) is 5.48. The average Bonchev–Trinajstić information content (AvgIpc) is 2.99. The highest BCUT2D eigenvalue weighted by atomic mass is 35.5. The van der Waals surface area contributed by atoms with E-state index in [0.717, 1.165) is 11.3 Å². The Kier molecular flexibility index (Phi) is 3.96. The number of aromatic nitrogens is 2. The Morgan fingerprint density at radius 2 is 2.00 bits per heavy atom. The van der Waals surface area contributed by atoms with Gasteiger partial charge in [-0.05, 0) is 30.2 Å². The van der Waals surface area contributed by atoms with Crippen LogP contribution in [-0.4, -0.2) is 15.1 Å². The van der Waals surface area contributed by atoms with E-state index in [9.17, 15) is 9.50 Å². The van der Waals surface area contributed by atoms with E-state index in [2.05, 4.69) is 9.97 Å². The molecule has 1 heterocycles. The minimum Gasteiger partial charge on any atom is -0.380 e. The van der Waals surface area contributed by atoms with Crippen LogP contribution in [0.2, 0.25) is 5.02 Å². The summed E-state index contributed by atoms with van der Waals surface area (Å²) in [4.78, 5) is 7.27. The maximum Gasteiger partial charge on any atom is 0.140 e. The molecule has 0 radical (unpaired) electrons. The van der Waals surface area contributed by atoms with Crippen LogP contribution in [0.5, 0.6) is 0 Å². The maximum atomic E-state index is 13.3. The molecule has 2 aromatic carbocycles. The first-order valence-electron chi connectivity index (χ1n) is 6.80. The van der Waals surface area contributed by atoms with Gasteiger partial charge in [0.05, 0.1) is 11.9 Å². The van der Waals surface area contributed by atoms with E-state index in [1.165, 1.54) is 6.07 Å². The van der Waals surface area contributed by atoms with Crippen LogP contribution < -0.4 is 0 Å². The third-order valence-corrected chi connectivity index (χ3v) is 3.85. The molecule has 112 valence electrons. The van der Waals surface area contributed by atoms with Crippen molar-refractivity contribution < 1.29 is 9.50 Å². The molecule has 22 heavy (non-hydrogen) atoms. The second-order valence-electron chi connectivity index (χ2n) is 5.07. The fourth-order valence-electron chi connectivity index (χ4n) is 2.29. The molecule has 0 amide bonds. The zero-order chi connectivity index (χ0) is 15.7. The van der Waals surface area contributed by atoms with Crippen molar-refractivity contribution in [2.24, 2.45) is 0 Å². The second kappa shape index (κ2) is 5.91. The van der Waals surface area contributed by atoms with Crippen LogP contribution in [-0.2, 0) is 0 Å². The number of hydrogen-bond donors (Lipinski definition) is 2. The summed E-state index contributed by atoms with van der Waals surface area (Å²) in [5, 5.41) is 11.0. The van der Waals surface area contributed by atoms with E-state index in [-0.39, 0.29) is 5.82 Å². The largest absolute Gasteiger partial charge is 0.380 e. The molecule has 0 spiro atoms. The summed E-state index contributed by atoms with van der Waals surface area (Å²) in [7, 11) is 0. The van der Waals surface area contributed by atoms with Crippen molar-refractivity contribution in [3.8, 4) is 11.3 Å². The molecule has 1 aromatic heterocycles. The SMILES string of the molecule is Cc1cc(C(O)c2ncc(-c3ccccc3Cl)[nH]2)ccc1F. The van der Waals surface area contributed by atoms with E-state index < -0.39 is 6.10 Å². The number of aromatic amines is 1. The Labute approximate surface area is 132 Å². The number of hydrogen-bond acceptors (Lipinski definition) is 2. The fraction of sp³-hybridized carbons (Fsp3) is 0.118. The van der Waals surface area contributed by atoms with Gasteiger partial charge in [0.15, 0.2) is 0 Å². The highest BCUT2D eigenvalue weighted by Gasteiger charge is 2.16. The molecular weight excluding hydrogens is 303 g/mol. The molecule has 5 heteroatoms. The highest BCUT2D eigenvalue weighted by molar-refractivity contribution is 6.33. The van der Waals surface area contributed by atoms with E-state index >= 15 is 0 Å². The molecule has 3 aromatic rings. The summed E-state index contributed by atoms with van der Waals surface area (Å²) < 4.78 is 13.3. The van der Waals surface area contributed by atoms with Crippen LogP contribution in [0, 0.1) is 12.7 Å². The number of H-pyrrole nitrogens is 1. The molecule has 0 saturated heterocycles. The van der Waals surface area contributed by atoms with Gasteiger partial charge in [-0.15, -0.1) is 0 Å². The standard InChI is InChI=1S/C17H14ClFN2O/c1-10-8-11(6-7-14(10)19)16(22)17-20-9-15(21-17)12-4-2-3-5-13(12)18/h2-9,16,22H,1H3,(H,20,21). The zero-order valence-corrected chi connectivity index (χ0v) is 12.6. The number of aliphatic hydroxyl groups excluding tert-OH is 1. The van der Waals surface area contributed by atoms with Gasteiger partial charge in [-0.2, -0.15) is 0 Å². The van der Waals surface area contributed by atoms with Crippen LogP contribution in [0.15, 0.2) is 48.7 Å². The first kappa shape index (κ1) is 14.8. The van der Waals surface area contributed by atoms with E-state index in [1.807, 2.05) is 18.2 Å². The van der Waals surface area contributed by atoms with Crippen molar-refractivity contribution in [1.82, 2.24) is 9.97 Å². The third-order valence-electron chi connectivity index (χ3n) is 3.52. The Balaban J connectivity index is 1.93. The molecule has 0 fully saturated rings. The zero-order valence-electron chi connectivity index (χ0n) is 11.8. The lowest BCUT2D eigenvalue weighted by Crippen LogP contribution is -2.03. The molecule has 0 bridgehead atoms. The quantitative estimate of drug-likeness (QED) is 0.758. The molecular formula is C17H14ClFN2O. The van der Waals surface area contributed by atoms with Gasteiger partial charge in [0, 0.05) is 10.6 Å². The lowest BCUT2D eigenvalue weighted by atomic mass is 10.1. The summed E-state index contributed by atoms with van der Waals surface area (Å²) >= 11 is 6.15. The normalized spacial score (nSPS) is 12.4. The Hall–Kier alpha value is -2.17. The van der Waals surface area contributed by atoms with Gasteiger partial charge in [0.2, 0.25) is 0 Å². The summed E-state index contributed by atoms with van der Waals surface area (Å²) in [6, 6.07) is 11.9. The van der Waals surface area contributed by atoms with Crippen molar-refractivity contribution in [1.29, 1.82) is 0 Å². The van der Waals surface area contributed by atoms with Gasteiger partial charge < -0.3 is 10.1 Å². The number of aryl methyl sites for hydroxylation is 1. The molecule has 3 rings (SSSR count).